The van der Waals surface area contributed by atoms with Crippen molar-refractivity contribution in [1.82, 2.24) is 0 Å². The summed E-state index contributed by atoms with van der Waals surface area (Å²) in [5, 5.41) is 0.459. The van der Waals surface area contributed by atoms with E-state index in [4.69, 9.17) is 13.5 Å². The highest BCUT2D eigenvalue weighted by Gasteiger charge is 2.33. The van der Waals surface area contributed by atoms with Crippen LogP contribution in [0.2, 0.25) is 0 Å². The summed E-state index contributed by atoms with van der Waals surface area (Å²) in [5.41, 5.74) is 1.74. The average molecular weight is 356 g/mol. The highest BCUT2D eigenvalue weighted by Crippen LogP contribution is 2.50. The highest BCUT2D eigenvalue weighted by molar-refractivity contribution is 7.62. The molecule has 0 aliphatic heterocycles. The fourth-order valence-corrected chi connectivity index (χ4v) is 4.37. The van der Waals surface area contributed by atoms with Gasteiger partial charge in [-0.25, -0.2) is 0 Å². The van der Waals surface area contributed by atoms with Gasteiger partial charge >= 0.3 is 7.60 Å². The summed E-state index contributed by atoms with van der Waals surface area (Å²) in [6, 6.07) is 21.1. The molecule has 1 heterocycles. The third-order valence-corrected chi connectivity index (χ3v) is 5.82. The van der Waals surface area contributed by atoms with Crippen molar-refractivity contribution in [3.63, 3.8) is 0 Å². The quantitative estimate of drug-likeness (QED) is 0.524. The summed E-state index contributed by atoms with van der Waals surface area (Å²) in [6.07, 6.45) is 0. The Labute approximate surface area is 147 Å². The van der Waals surface area contributed by atoms with Crippen molar-refractivity contribution >= 4 is 12.9 Å². The van der Waals surface area contributed by atoms with Crippen molar-refractivity contribution in [2.75, 3.05) is 13.2 Å². The first kappa shape index (κ1) is 17.7. The monoisotopic (exact) mass is 356 g/mol. The van der Waals surface area contributed by atoms with Crippen LogP contribution in [0.5, 0.6) is 0 Å². The van der Waals surface area contributed by atoms with Gasteiger partial charge < -0.3 is 13.5 Å². The van der Waals surface area contributed by atoms with Gasteiger partial charge in [-0.3, -0.25) is 4.57 Å². The molecule has 3 aromatic rings. The molecule has 4 nitrogen and oxygen atoms in total. The molecule has 0 bridgehead atoms. The first-order valence-corrected chi connectivity index (χ1v) is 9.86. The minimum Gasteiger partial charge on any atom is -0.455 e. The molecule has 0 fully saturated rings. The molecular formula is C20H21O4P. The molecular weight excluding hydrogens is 335 g/mol. The Kier molecular flexibility index (Phi) is 5.54. The average Bonchev–Trinajstić information content (AvgIpc) is 3.10. The molecule has 0 aliphatic carbocycles. The molecule has 130 valence electrons. The van der Waals surface area contributed by atoms with Crippen LogP contribution in [0.1, 0.15) is 13.8 Å². The Morgan fingerprint density at radius 3 is 1.88 bits per heavy atom. The molecule has 0 saturated heterocycles. The van der Waals surface area contributed by atoms with Gasteiger partial charge in [0.15, 0.2) is 0 Å². The van der Waals surface area contributed by atoms with Gasteiger partial charge in [-0.2, -0.15) is 0 Å². The second-order valence-corrected chi connectivity index (χ2v) is 7.38. The summed E-state index contributed by atoms with van der Waals surface area (Å²) in [5.74, 6) is 1.15. The third kappa shape index (κ3) is 3.77. The summed E-state index contributed by atoms with van der Waals surface area (Å²) in [7, 11) is -3.47. The van der Waals surface area contributed by atoms with E-state index in [1.807, 2.05) is 60.7 Å². The van der Waals surface area contributed by atoms with Crippen LogP contribution in [0, 0.1) is 0 Å². The molecule has 0 unspecified atom stereocenters. The maximum absolute atomic E-state index is 13.3. The van der Waals surface area contributed by atoms with Gasteiger partial charge in [-0.15, -0.1) is 0 Å². The van der Waals surface area contributed by atoms with Crippen LogP contribution in [-0.2, 0) is 13.6 Å². The van der Waals surface area contributed by atoms with Crippen LogP contribution in [0.15, 0.2) is 71.1 Å². The van der Waals surface area contributed by atoms with Crippen molar-refractivity contribution < 1.29 is 18.0 Å². The van der Waals surface area contributed by atoms with E-state index < -0.39 is 7.60 Å². The zero-order valence-electron chi connectivity index (χ0n) is 14.3. The van der Waals surface area contributed by atoms with Crippen molar-refractivity contribution in [3.8, 4) is 22.6 Å². The molecule has 5 heteroatoms. The van der Waals surface area contributed by atoms with Crippen LogP contribution in [0.25, 0.3) is 22.6 Å². The SMILES string of the molecule is CCOP(=O)(OCC)c1cc(-c2ccccc2)oc1-c1ccccc1. The molecule has 1 aromatic heterocycles. The first-order valence-electron chi connectivity index (χ1n) is 8.32. The molecule has 0 amide bonds. The first-order chi connectivity index (χ1) is 12.2. The van der Waals surface area contributed by atoms with Gasteiger partial charge in [0.05, 0.1) is 13.2 Å². The predicted octanol–water partition coefficient (Wildman–Crippen LogP) is 5.51. The number of benzene rings is 2. The van der Waals surface area contributed by atoms with E-state index in [-0.39, 0.29) is 13.2 Å². The van der Waals surface area contributed by atoms with E-state index in [2.05, 4.69) is 0 Å². The second-order valence-electron chi connectivity index (χ2n) is 5.39. The lowest BCUT2D eigenvalue weighted by Crippen LogP contribution is -2.11. The normalized spacial score (nSPS) is 11.6. The molecule has 0 radical (unpaired) electrons. The Morgan fingerprint density at radius 2 is 1.36 bits per heavy atom. The van der Waals surface area contributed by atoms with Crippen molar-refractivity contribution in [2.45, 2.75) is 13.8 Å². The fourth-order valence-electron chi connectivity index (χ4n) is 2.64. The number of furan rings is 1. The Balaban J connectivity index is 2.18. The van der Waals surface area contributed by atoms with Crippen molar-refractivity contribution in [1.29, 1.82) is 0 Å². The number of hydrogen-bond donors (Lipinski definition) is 0. The molecule has 25 heavy (non-hydrogen) atoms. The summed E-state index contributed by atoms with van der Waals surface area (Å²) in [6.45, 7) is 4.17. The van der Waals surface area contributed by atoms with E-state index in [1.165, 1.54) is 0 Å². The minimum atomic E-state index is -3.47. The highest BCUT2D eigenvalue weighted by atomic mass is 31.2. The molecule has 0 aliphatic rings. The summed E-state index contributed by atoms with van der Waals surface area (Å²) >= 11 is 0. The lowest BCUT2D eigenvalue weighted by atomic mass is 10.1. The maximum atomic E-state index is 13.3. The predicted molar refractivity (Wildman–Crippen MR) is 100 cm³/mol. The molecule has 3 rings (SSSR count). The standard InChI is InChI=1S/C20H21O4P/c1-3-22-25(21,23-4-2)19-15-18(16-11-7-5-8-12-16)24-20(19)17-13-9-6-10-14-17/h5-15H,3-4H2,1-2H3. The van der Waals surface area contributed by atoms with Crippen LogP contribution in [0.4, 0.5) is 0 Å². The maximum Gasteiger partial charge on any atom is 0.365 e. The van der Waals surface area contributed by atoms with Crippen LogP contribution >= 0.6 is 7.60 Å². The zero-order chi connectivity index (χ0) is 17.7. The van der Waals surface area contributed by atoms with Gasteiger partial charge in [0.2, 0.25) is 0 Å². The lowest BCUT2D eigenvalue weighted by molar-refractivity contribution is 0.230. The van der Waals surface area contributed by atoms with Gasteiger partial charge in [0, 0.05) is 17.2 Å². The van der Waals surface area contributed by atoms with Gasteiger partial charge in [-0.1, -0.05) is 60.7 Å². The van der Waals surface area contributed by atoms with Gasteiger partial charge in [0.25, 0.3) is 0 Å². The largest absolute Gasteiger partial charge is 0.455 e. The summed E-state index contributed by atoms with van der Waals surface area (Å²) < 4.78 is 30.5. The second kappa shape index (κ2) is 7.83. The van der Waals surface area contributed by atoms with Crippen LogP contribution in [0.3, 0.4) is 0 Å². The van der Waals surface area contributed by atoms with E-state index in [0.717, 1.165) is 11.1 Å². The fraction of sp³-hybridized carbons (Fsp3) is 0.200. The zero-order valence-corrected chi connectivity index (χ0v) is 15.2. The van der Waals surface area contributed by atoms with Gasteiger partial charge in [0.1, 0.15) is 16.8 Å². The minimum absolute atomic E-state index is 0.289. The lowest BCUT2D eigenvalue weighted by Gasteiger charge is -2.16. The van der Waals surface area contributed by atoms with E-state index >= 15 is 0 Å². The van der Waals surface area contributed by atoms with E-state index in [0.29, 0.717) is 16.8 Å². The van der Waals surface area contributed by atoms with Crippen molar-refractivity contribution in [2.24, 2.45) is 0 Å². The van der Waals surface area contributed by atoms with Crippen LogP contribution < -0.4 is 5.30 Å². The van der Waals surface area contributed by atoms with E-state index in [9.17, 15) is 4.57 Å². The van der Waals surface area contributed by atoms with Crippen molar-refractivity contribution in [3.05, 3.63) is 66.7 Å². The molecule has 0 N–H and O–H groups in total. The Bertz CT molecular complexity index is 846. The van der Waals surface area contributed by atoms with Gasteiger partial charge in [-0.05, 0) is 13.8 Å². The molecule has 0 saturated carbocycles. The number of hydrogen-bond acceptors (Lipinski definition) is 4. The third-order valence-electron chi connectivity index (χ3n) is 3.70. The Hall–Kier alpha value is -2.13. The molecule has 0 atom stereocenters. The number of rotatable bonds is 7. The molecule has 2 aromatic carbocycles. The van der Waals surface area contributed by atoms with E-state index in [1.54, 1.807) is 19.9 Å². The van der Waals surface area contributed by atoms with Crippen LogP contribution in [-0.4, -0.2) is 13.2 Å². The topological polar surface area (TPSA) is 48.7 Å². The Morgan fingerprint density at radius 1 is 0.840 bits per heavy atom. The summed E-state index contributed by atoms with van der Waals surface area (Å²) in [4.78, 5) is 0. The smallest absolute Gasteiger partial charge is 0.365 e. The molecule has 0 spiro atoms.